The van der Waals surface area contributed by atoms with Crippen LogP contribution >= 0.6 is 0 Å². The molecule has 0 aliphatic rings. The summed E-state index contributed by atoms with van der Waals surface area (Å²) in [5.41, 5.74) is 1.97. The molecule has 1 heterocycles. The second-order valence-corrected chi connectivity index (χ2v) is 3.90. The topological polar surface area (TPSA) is 34.1 Å². The van der Waals surface area contributed by atoms with Crippen LogP contribution in [0.1, 0.15) is 0 Å². The molecular weight excluding hydrogens is 212 g/mol. The number of likely N-dealkylation sites (N-methyl/N-ethyl adjacent to an activating group) is 1. The molecule has 0 saturated carbocycles. The monoisotopic (exact) mass is 228 g/mol. The van der Waals surface area contributed by atoms with E-state index < -0.39 is 0 Å². The van der Waals surface area contributed by atoms with Gasteiger partial charge >= 0.3 is 0 Å². The maximum absolute atomic E-state index is 5.75. The molecule has 2 rings (SSSR count). The summed E-state index contributed by atoms with van der Waals surface area (Å²) in [7, 11) is 1.90. The number of hydrogen-bond donors (Lipinski definition) is 1. The number of nitrogens with zero attached hydrogens (tertiary/aromatic N) is 1. The third-order valence-corrected chi connectivity index (χ3v) is 2.46. The lowest BCUT2D eigenvalue weighted by Crippen LogP contribution is -2.14. The highest BCUT2D eigenvalue weighted by atomic mass is 16.5. The van der Waals surface area contributed by atoms with E-state index >= 15 is 0 Å². The third kappa shape index (κ3) is 2.82. The van der Waals surface area contributed by atoms with Gasteiger partial charge in [-0.2, -0.15) is 0 Å². The largest absolute Gasteiger partial charge is 0.489 e. The number of aromatic nitrogens is 1. The van der Waals surface area contributed by atoms with Gasteiger partial charge in [0.05, 0.1) is 5.52 Å². The zero-order valence-corrected chi connectivity index (χ0v) is 9.94. The van der Waals surface area contributed by atoms with Crippen molar-refractivity contribution in [3.63, 3.8) is 0 Å². The van der Waals surface area contributed by atoms with Gasteiger partial charge in [-0.15, -0.1) is 0 Å². The Bertz CT molecular complexity index is 517. The lowest BCUT2D eigenvalue weighted by Gasteiger charge is -2.10. The maximum atomic E-state index is 5.75. The van der Waals surface area contributed by atoms with E-state index in [-0.39, 0.29) is 0 Å². The number of rotatable bonds is 5. The highest BCUT2D eigenvalue weighted by molar-refractivity contribution is 5.84. The van der Waals surface area contributed by atoms with Gasteiger partial charge < -0.3 is 10.1 Å². The molecule has 88 valence electrons. The summed E-state index contributed by atoms with van der Waals surface area (Å²) in [5, 5.41) is 4.08. The van der Waals surface area contributed by atoms with Gasteiger partial charge in [0.1, 0.15) is 12.4 Å². The fourth-order valence-electron chi connectivity index (χ4n) is 1.68. The van der Waals surface area contributed by atoms with E-state index in [1.54, 1.807) is 6.20 Å². The van der Waals surface area contributed by atoms with Crippen LogP contribution in [-0.4, -0.2) is 25.2 Å². The molecule has 0 saturated heterocycles. The van der Waals surface area contributed by atoms with Crippen molar-refractivity contribution in [2.75, 3.05) is 20.2 Å². The Morgan fingerprint density at radius 2 is 2.24 bits per heavy atom. The van der Waals surface area contributed by atoms with Gasteiger partial charge in [-0.3, -0.25) is 4.98 Å². The number of pyridine rings is 1. The first-order valence-electron chi connectivity index (χ1n) is 5.59. The van der Waals surface area contributed by atoms with Crippen LogP contribution in [0, 0.1) is 0 Å². The summed E-state index contributed by atoms with van der Waals surface area (Å²) in [6.45, 7) is 5.23. The lowest BCUT2D eigenvalue weighted by molar-refractivity contribution is 0.353. The number of ether oxygens (including phenoxy) is 1. The number of hydrogen-bond acceptors (Lipinski definition) is 3. The number of nitrogens with one attached hydrogen (secondary N) is 1. The van der Waals surface area contributed by atoms with Gasteiger partial charge in [-0.25, -0.2) is 0 Å². The van der Waals surface area contributed by atoms with Crippen molar-refractivity contribution in [3.05, 3.63) is 48.7 Å². The molecule has 1 N–H and O–H groups in total. The summed E-state index contributed by atoms with van der Waals surface area (Å²) < 4.78 is 5.75. The molecular formula is C14H16N2O. The van der Waals surface area contributed by atoms with Crippen LogP contribution in [0.2, 0.25) is 0 Å². The number of benzene rings is 1. The first-order chi connectivity index (χ1) is 8.31. The van der Waals surface area contributed by atoms with Crippen molar-refractivity contribution in [1.82, 2.24) is 10.3 Å². The summed E-state index contributed by atoms with van der Waals surface area (Å²) >= 11 is 0. The molecule has 0 atom stereocenters. The summed E-state index contributed by atoms with van der Waals surface area (Å²) in [4.78, 5) is 4.29. The van der Waals surface area contributed by atoms with Crippen molar-refractivity contribution in [3.8, 4) is 5.75 Å². The molecule has 1 aromatic heterocycles. The molecule has 0 unspecified atom stereocenters. The van der Waals surface area contributed by atoms with Crippen molar-refractivity contribution >= 4 is 10.9 Å². The van der Waals surface area contributed by atoms with Crippen LogP contribution in [0.25, 0.3) is 10.9 Å². The van der Waals surface area contributed by atoms with E-state index in [0.717, 1.165) is 28.8 Å². The highest BCUT2D eigenvalue weighted by Gasteiger charge is 2.02. The molecule has 0 radical (unpaired) electrons. The molecule has 0 bridgehead atoms. The standard InChI is InChI=1S/C14H16N2O/c1-11(9-15-2)10-17-14-7-3-6-13-12(14)5-4-8-16-13/h3-8,15H,1,9-10H2,2H3. The Morgan fingerprint density at radius 1 is 1.35 bits per heavy atom. The highest BCUT2D eigenvalue weighted by Crippen LogP contribution is 2.23. The van der Waals surface area contributed by atoms with Gasteiger partial charge in [0.15, 0.2) is 0 Å². The Kier molecular flexibility index (Phi) is 3.73. The minimum Gasteiger partial charge on any atom is -0.489 e. The lowest BCUT2D eigenvalue weighted by atomic mass is 10.2. The zero-order valence-electron chi connectivity index (χ0n) is 9.94. The predicted octanol–water partition coefficient (Wildman–Crippen LogP) is 2.39. The van der Waals surface area contributed by atoms with E-state index in [1.807, 2.05) is 37.4 Å². The molecule has 0 fully saturated rings. The summed E-state index contributed by atoms with van der Waals surface area (Å²) in [6, 6.07) is 9.81. The van der Waals surface area contributed by atoms with Crippen LogP contribution in [0.4, 0.5) is 0 Å². The first-order valence-corrected chi connectivity index (χ1v) is 5.59. The first kappa shape index (κ1) is 11.6. The second kappa shape index (κ2) is 5.46. The Balaban J connectivity index is 2.16. The zero-order chi connectivity index (χ0) is 12.1. The van der Waals surface area contributed by atoms with E-state index in [1.165, 1.54) is 0 Å². The SMILES string of the molecule is C=C(CNC)COc1cccc2ncccc12. The second-order valence-electron chi connectivity index (χ2n) is 3.90. The van der Waals surface area contributed by atoms with Gasteiger partial charge in [0.25, 0.3) is 0 Å². The van der Waals surface area contributed by atoms with E-state index in [9.17, 15) is 0 Å². The third-order valence-electron chi connectivity index (χ3n) is 2.46. The molecule has 0 aliphatic heterocycles. The molecule has 0 amide bonds. The average Bonchev–Trinajstić information content (AvgIpc) is 2.36. The molecule has 0 spiro atoms. The summed E-state index contributed by atoms with van der Waals surface area (Å²) in [5.74, 6) is 0.854. The van der Waals surface area contributed by atoms with Crippen molar-refractivity contribution < 1.29 is 4.74 Å². The van der Waals surface area contributed by atoms with E-state index in [4.69, 9.17) is 4.74 Å². The smallest absolute Gasteiger partial charge is 0.129 e. The Morgan fingerprint density at radius 3 is 3.06 bits per heavy atom. The average molecular weight is 228 g/mol. The van der Waals surface area contributed by atoms with Gasteiger partial charge in [-0.1, -0.05) is 12.6 Å². The maximum Gasteiger partial charge on any atom is 0.129 e. The van der Waals surface area contributed by atoms with E-state index in [2.05, 4.69) is 16.9 Å². The van der Waals surface area contributed by atoms with Gasteiger partial charge in [0, 0.05) is 18.1 Å². The van der Waals surface area contributed by atoms with E-state index in [0.29, 0.717) is 6.61 Å². The van der Waals surface area contributed by atoms with Crippen LogP contribution in [0.3, 0.4) is 0 Å². The molecule has 3 heteroatoms. The molecule has 17 heavy (non-hydrogen) atoms. The predicted molar refractivity (Wildman–Crippen MR) is 70.3 cm³/mol. The Labute approximate surface area is 101 Å². The quantitative estimate of drug-likeness (QED) is 0.798. The summed E-state index contributed by atoms with van der Waals surface area (Å²) in [6.07, 6.45) is 1.78. The van der Waals surface area contributed by atoms with Crippen molar-refractivity contribution in [2.45, 2.75) is 0 Å². The van der Waals surface area contributed by atoms with Crippen LogP contribution < -0.4 is 10.1 Å². The van der Waals surface area contributed by atoms with Crippen LogP contribution in [0.15, 0.2) is 48.7 Å². The van der Waals surface area contributed by atoms with Gasteiger partial charge in [-0.05, 0) is 36.9 Å². The molecule has 0 aliphatic carbocycles. The molecule has 1 aromatic carbocycles. The fraction of sp³-hybridized carbons (Fsp3) is 0.214. The van der Waals surface area contributed by atoms with Crippen molar-refractivity contribution in [1.29, 1.82) is 0 Å². The minimum absolute atomic E-state index is 0.523. The van der Waals surface area contributed by atoms with Crippen molar-refractivity contribution in [2.24, 2.45) is 0 Å². The molecule has 2 aromatic rings. The van der Waals surface area contributed by atoms with Gasteiger partial charge in [0.2, 0.25) is 0 Å². The molecule has 3 nitrogen and oxygen atoms in total. The Hall–Kier alpha value is -1.87. The normalized spacial score (nSPS) is 10.4. The number of fused-ring (bicyclic) bond motifs is 1. The van der Waals surface area contributed by atoms with Crippen LogP contribution in [0.5, 0.6) is 5.75 Å². The minimum atomic E-state index is 0.523. The van der Waals surface area contributed by atoms with Crippen LogP contribution in [-0.2, 0) is 0 Å². The fourth-order valence-corrected chi connectivity index (χ4v) is 1.68.